The van der Waals surface area contributed by atoms with Crippen LogP contribution in [0.4, 0.5) is 8.78 Å². The number of hydrogen-bond acceptors (Lipinski definition) is 2. The third-order valence-corrected chi connectivity index (χ3v) is 4.34. The smallest absolute Gasteiger partial charge is 0.129 e. The zero-order valence-electron chi connectivity index (χ0n) is 11.0. The van der Waals surface area contributed by atoms with Crippen LogP contribution in [0.15, 0.2) is 18.2 Å². The Labute approximate surface area is 112 Å². The first-order valence-corrected chi connectivity index (χ1v) is 6.92. The molecular weight excluding hydrogens is 248 g/mol. The summed E-state index contributed by atoms with van der Waals surface area (Å²) in [5.41, 5.74) is 5.37. The van der Waals surface area contributed by atoms with E-state index < -0.39 is 23.2 Å². The van der Waals surface area contributed by atoms with Gasteiger partial charge < -0.3 is 10.8 Å². The van der Waals surface area contributed by atoms with Gasteiger partial charge in [0, 0.05) is 17.5 Å². The number of nitrogens with two attached hydrogens (primary N) is 1. The molecule has 1 fully saturated rings. The fourth-order valence-electron chi connectivity index (χ4n) is 3.08. The van der Waals surface area contributed by atoms with Gasteiger partial charge in [-0.15, -0.1) is 0 Å². The summed E-state index contributed by atoms with van der Waals surface area (Å²) in [6, 6.07) is 3.21. The van der Waals surface area contributed by atoms with Crippen LogP contribution in [0.1, 0.15) is 50.2 Å². The molecule has 106 valence electrons. The average molecular weight is 269 g/mol. The maximum Gasteiger partial charge on any atom is 0.129 e. The second kappa shape index (κ2) is 5.97. The Morgan fingerprint density at radius 3 is 2.37 bits per heavy atom. The number of hydrogen-bond donors (Lipinski definition) is 2. The fraction of sp³-hybridized carbons (Fsp3) is 0.600. The summed E-state index contributed by atoms with van der Waals surface area (Å²) in [5, 5.41) is 10.5. The minimum atomic E-state index is -1.04. The van der Waals surface area contributed by atoms with Gasteiger partial charge in [-0.05, 0) is 31.0 Å². The van der Waals surface area contributed by atoms with Gasteiger partial charge in [0.1, 0.15) is 11.6 Å². The van der Waals surface area contributed by atoms with Crippen LogP contribution in [-0.2, 0) is 0 Å². The van der Waals surface area contributed by atoms with Gasteiger partial charge in [-0.25, -0.2) is 8.78 Å². The molecule has 0 heterocycles. The van der Waals surface area contributed by atoms with E-state index in [0.29, 0.717) is 6.54 Å². The van der Waals surface area contributed by atoms with E-state index >= 15 is 0 Å². The second-order valence-electron chi connectivity index (χ2n) is 5.55. The lowest BCUT2D eigenvalue weighted by Crippen LogP contribution is -2.37. The van der Waals surface area contributed by atoms with E-state index in [2.05, 4.69) is 0 Å². The molecule has 1 atom stereocenters. The van der Waals surface area contributed by atoms with E-state index in [9.17, 15) is 13.9 Å². The molecule has 2 rings (SSSR count). The average Bonchev–Trinajstić information content (AvgIpc) is 2.67. The number of benzene rings is 1. The molecule has 1 aromatic carbocycles. The Bertz CT molecular complexity index is 428. The van der Waals surface area contributed by atoms with E-state index in [-0.39, 0.29) is 5.56 Å². The Balaban J connectivity index is 2.33. The highest BCUT2D eigenvalue weighted by Crippen LogP contribution is 2.44. The van der Waals surface area contributed by atoms with Gasteiger partial charge in [0.2, 0.25) is 0 Å². The lowest BCUT2D eigenvalue weighted by molar-refractivity contribution is 0.0139. The van der Waals surface area contributed by atoms with Gasteiger partial charge in [-0.1, -0.05) is 25.7 Å². The van der Waals surface area contributed by atoms with Crippen LogP contribution in [-0.4, -0.2) is 11.7 Å². The lowest BCUT2D eigenvalue weighted by Gasteiger charge is -2.36. The third-order valence-electron chi connectivity index (χ3n) is 4.34. The maximum absolute atomic E-state index is 13.8. The molecule has 3 N–H and O–H groups in total. The van der Waals surface area contributed by atoms with Gasteiger partial charge in [0.15, 0.2) is 0 Å². The molecule has 0 bridgehead atoms. The summed E-state index contributed by atoms with van der Waals surface area (Å²) in [6.07, 6.45) is 4.67. The Kier molecular flexibility index (Phi) is 4.53. The normalized spacial score (nSPS) is 20.8. The molecule has 1 aromatic rings. The van der Waals surface area contributed by atoms with Crippen molar-refractivity contribution in [2.24, 2.45) is 11.1 Å². The van der Waals surface area contributed by atoms with Gasteiger partial charge in [0.25, 0.3) is 0 Å². The monoisotopic (exact) mass is 269 g/mol. The highest BCUT2D eigenvalue weighted by atomic mass is 19.1. The molecule has 0 aliphatic heterocycles. The van der Waals surface area contributed by atoms with Crippen LogP contribution >= 0.6 is 0 Å². The van der Waals surface area contributed by atoms with Crippen LogP contribution in [0.3, 0.4) is 0 Å². The summed E-state index contributed by atoms with van der Waals surface area (Å²) in [6.45, 7) is 0.296. The van der Waals surface area contributed by atoms with Crippen molar-refractivity contribution in [2.45, 2.75) is 44.6 Å². The molecule has 19 heavy (non-hydrogen) atoms. The van der Waals surface area contributed by atoms with Crippen LogP contribution in [0.25, 0.3) is 0 Å². The molecular formula is C15H21F2NO. The molecule has 4 heteroatoms. The summed E-state index contributed by atoms with van der Waals surface area (Å²) < 4.78 is 27.1. The van der Waals surface area contributed by atoms with E-state index in [0.717, 1.165) is 56.7 Å². The summed E-state index contributed by atoms with van der Waals surface area (Å²) in [5.74, 6) is -1.10. The highest BCUT2D eigenvalue weighted by molar-refractivity contribution is 5.23. The van der Waals surface area contributed by atoms with Crippen molar-refractivity contribution in [2.75, 3.05) is 6.54 Å². The largest absolute Gasteiger partial charge is 0.388 e. The Morgan fingerprint density at radius 2 is 1.79 bits per heavy atom. The Morgan fingerprint density at radius 1 is 1.16 bits per heavy atom. The van der Waals surface area contributed by atoms with Crippen molar-refractivity contribution >= 4 is 0 Å². The summed E-state index contributed by atoms with van der Waals surface area (Å²) in [7, 11) is 0. The second-order valence-corrected chi connectivity index (χ2v) is 5.55. The van der Waals surface area contributed by atoms with Crippen molar-refractivity contribution in [3.05, 3.63) is 35.4 Å². The first-order chi connectivity index (χ1) is 9.09. The first-order valence-electron chi connectivity index (χ1n) is 6.92. The number of halogens is 2. The minimum Gasteiger partial charge on any atom is -0.388 e. The zero-order valence-corrected chi connectivity index (χ0v) is 11.0. The van der Waals surface area contributed by atoms with Crippen molar-refractivity contribution < 1.29 is 13.9 Å². The molecule has 0 saturated heterocycles. The molecule has 1 aliphatic rings. The van der Waals surface area contributed by atoms with E-state index in [1.165, 1.54) is 0 Å². The summed E-state index contributed by atoms with van der Waals surface area (Å²) in [4.78, 5) is 0. The van der Waals surface area contributed by atoms with Gasteiger partial charge in [-0.3, -0.25) is 0 Å². The predicted molar refractivity (Wildman–Crippen MR) is 70.5 cm³/mol. The number of rotatable bonds is 3. The number of aliphatic hydroxyl groups excluding tert-OH is 1. The van der Waals surface area contributed by atoms with Crippen molar-refractivity contribution in [1.29, 1.82) is 0 Å². The molecule has 1 unspecified atom stereocenters. The molecule has 1 saturated carbocycles. The van der Waals surface area contributed by atoms with Crippen LogP contribution < -0.4 is 5.73 Å². The molecule has 0 radical (unpaired) electrons. The van der Waals surface area contributed by atoms with Gasteiger partial charge in [-0.2, -0.15) is 0 Å². The number of aliphatic hydroxyl groups is 1. The zero-order chi connectivity index (χ0) is 13.9. The fourth-order valence-corrected chi connectivity index (χ4v) is 3.08. The molecule has 0 amide bonds. The standard InChI is InChI=1S/C15H21F2NO/c16-11-5-6-13(17)12(9-11)14(19)15(10-18)7-3-1-2-4-8-15/h5-6,9,14,19H,1-4,7-8,10,18H2. The Hall–Kier alpha value is -1.00. The lowest BCUT2D eigenvalue weighted by atomic mass is 9.73. The van der Waals surface area contributed by atoms with Gasteiger partial charge >= 0.3 is 0 Å². The third kappa shape index (κ3) is 2.95. The van der Waals surface area contributed by atoms with Crippen LogP contribution in [0.5, 0.6) is 0 Å². The van der Waals surface area contributed by atoms with E-state index in [4.69, 9.17) is 5.73 Å². The van der Waals surface area contributed by atoms with Crippen LogP contribution in [0, 0.1) is 17.0 Å². The molecule has 1 aliphatic carbocycles. The quantitative estimate of drug-likeness (QED) is 0.827. The molecule has 0 aromatic heterocycles. The molecule has 0 spiro atoms. The van der Waals surface area contributed by atoms with Gasteiger partial charge in [0.05, 0.1) is 6.10 Å². The van der Waals surface area contributed by atoms with Crippen molar-refractivity contribution in [3.8, 4) is 0 Å². The SMILES string of the molecule is NCC1(C(O)c2cc(F)ccc2F)CCCCCC1. The van der Waals surface area contributed by atoms with E-state index in [1.807, 2.05) is 0 Å². The van der Waals surface area contributed by atoms with Crippen molar-refractivity contribution in [1.82, 2.24) is 0 Å². The summed E-state index contributed by atoms with van der Waals surface area (Å²) >= 11 is 0. The molecule has 2 nitrogen and oxygen atoms in total. The van der Waals surface area contributed by atoms with E-state index in [1.54, 1.807) is 0 Å². The predicted octanol–water partition coefficient (Wildman–Crippen LogP) is 3.30. The minimum absolute atomic E-state index is 0.0346. The van der Waals surface area contributed by atoms with Crippen molar-refractivity contribution in [3.63, 3.8) is 0 Å². The topological polar surface area (TPSA) is 46.2 Å². The highest BCUT2D eigenvalue weighted by Gasteiger charge is 2.39. The maximum atomic E-state index is 13.8. The first kappa shape index (κ1) is 14.4. The van der Waals surface area contributed by atoms with Crippen LogP contribution in [0.2, 0.25) is 0 Å².